The number of thioether (sulfide) groups is 1. The number of anilines is 1. The lowest BCUT2D eigenvalue weighted by Crippen LogP contribution is -2.53. The minimum Gasteiger partial charge on any atom is -0.364 e. The van der Waals surface area contributed by atoms with Crippen molar-refractivity contribution >= 4 is 17.4 Å². The quantitative estimate of drug-likeness (QED) is 0.298. The van der Waals surface area contributed by atoms with Gasteiger partial charge in [-0.15, -0.1) is 11.8 Å². The topological polar surface area (TPSA) is 15.3 Å². The van der Waals surface area contributed by atoms with E-state index in [0.717, 1.165) is 46.1 Å². The molecular weight excluding hydrogens is 637 g/mol. The zero-order chi connectivity index (χ0) is 33.7. The summed E-state index contributed by atoms with van der Waals surface area (Å²) >= 11 is 2.36. The lowest BCUT2D eigenvalue weighted by atomic mass is 9.63. The van der Waals surface area contributed by atoms with Crippen molar-refractivity contribution in [2.24, 2.45) is 35.5 Å². The Labute approximate surface area is 313 Å². The fourth-order valence-electron chi connectivity index (χ4n) is 13.4. The summed E-state index contributed by atoms with van der Waals surface area (Å²) < 4.78 is 0. The van der Waals surface area contributed by atoms with E-state index in [-0.39, 0.29) is 0 Å². The Bertz CT molecular complexity index is 1610. The summed E-state index contributed by atoms with van der Waals surface area (Å²) in [6.45, 7) is 0. The highest BCUT2D eigenvalue weighted by atomic mass is 32.2. The van der Waals surface area contributed by atoms with E-state index in [4.69, 9.17) is 0 Å². The standard InChI is InChI=1S/C48H62N2S/c1-3-15-32(16-4-1)36-28-29-43(48-47(36)40-23-11-14-26-46(40)51-48)49-42-24-12-9-21-38(42)37-20-8-7-19-35(37)33-27-30-45-41(31-33)39-22-10-13-25-44(39)50(45)34-17-5-2-6-18-34/h3,9-10,12-16,21-22,24-26,31,34-38,40-43,45-49H,1-2,4-8,11,17-20,23,27-30H2. The van der Waals surface area contributed by atoms with Gasteiger partial charge in [-0.3, -0.25) is 0 Å². The van der Waals surface area contributed by atoms with E-state index in [1.165, 1.54) is 109 Å². The molecule has 1 N–H and O–H groups in total. The predicted molar refractivity (Wildman–Crippen MR) is 217 cm³/mol. The smallest absolute Gasteiger partial charge is 0.0410 e. The van der Waals surface area contributed by atoms with E-state index in [9.17, 15) is 0 Å². The van der Waals surface area contributed by atoms with Gasteiger partial charge >= 0.3 is 0 Å². The monoisotopic (exact) mass is 698 g/mol. The highest BCUT2D eigenvalue weighted by molar-refractivity contribution is 8.01. The van der Waals surface area contributed by atoms with Crippen LogP contribution >= 0.6 is 11.8 Å². The summed E-state index contributed by atoms with van der Waals surface area (Å²) in [5.41, 5.74) is 6.72. The van der Waals surface area contributed by atoms with Crippen LogP contribution in [-0.4, -0.2) is 34.7 Å². The molecule has 0 aromatic heterocycles. The first-order chi connectivity index (χ1) is 25.3. The molecule has 9 aliphatic rings. The van der Waals surface area contributed by atoms with Gasteiger partial charge in [0.2, 0.25) is 0 Å². The van der Waals surface area contributed by atoms with E-state index in [1.54, 1.807) is 16.8 Å². The van der Waals surface area contributed by atoms with E-state index < -0.39 is 0 Å². The third kappa shape index (κ3) is 6.13. The van der Waals surface area contributed by atoms with Crippen molar-refractivity contribution in [3.8, 4) is 0 Å². The van der Waals surface area contributed by atoms with Crippen LogP contribution in [0.3, 0.4) is 0 Å². The first-order valence-electron chi connectivity index (χ1n) is 21.7. The van der Waals surface area contributed by atoms with Crippen LogP contribution in [0.25, 0.3) is 0 Å². The van der Waals surface area contributed by atoms with Gasteiger partial charge in [-0.05, 0) is 130 Å². The van der Waals surface area contributed by atoms with E-state index in [2.05, 4.69) is 107 Å². The largest absolute Gasteiger partial charge is 0.364 e. The van der Waals surface area contributed by atoms with Crippen molar-refractivity contribution in [3.63, 3.8) is 0 Å². The molecule has 12 unspecified atom stereocenters. The molecule has 10 rings (SSSR count). The molecule has 4 fully saturated rings. The van der Waals surface area contributed by atoms with Gasteiger partial charge in [0.05, 0.1) is 0 Å². The number of benzene rings is 1. The van der Waals surface area contributed by atoms with Crippen molar-refractivity contribution in [2.45, 2.75) is 150 Å². The summed E-state index contributed by atoms with van der Waals surface area (Å²) in [5, 5.41) is 5.93. The Balaban J connectivity index is 0.901. The predicted octanol–water partition coefficient (Wildman–Crippen LogP) is 11.6. The SMILES string of the molecule is C1=CC(NC2CCC(C3=CCCC=C3)C3C4CCC=CC4SC23)C(C2CCCCC2C2=CC3c4ccccc4N(C4CCCCC4)C3CC2)C=C1. The van der Waals surface area contributed by atoms with E-state index in [0.29, 0.717) is 30.0 Å². The Kier molecular flexibility index (Phi) is 9.51. The lowest BCUT2D eigenvalue weighted by molar-refractivity contribution is 0.149. The third-order valence-corrected chi connectivity index (χ3v) is 17.3. The van der Waals surface area contributed by atoms with Crippen LogP contribution in [0.2, 0.25) is 0 Å². The van der Waals surface area contributed by atoms with Crippen molar-refractivity contribution in [1.29, 1.82) is 0 Å². The Morgan fingerprint density at radius 3 is 2.53 bits per heavy atom. The molecule has 2 nitrogen and oxygen atoms in total. The number of hydrogen-bond acceptors (Lipinski definition) is 3. The maximum absolute atomic E-state index is 4.48. The number of hydrogen-bond donors (Lipinski definition) is 1. The van der Waals surface area contributed by atoms with Crippen molar-refractivity contribution in [2.75, 3.05) is 4.90 Å². The molecule has 2 aliphatic heterocycles. The molecule has 1 saturated heterocycles. The molecule has 1 aromatic rings. The zero-order valence-corrected chi connectivity index (χ0v) is 31.8. The van der Waals surface area contributed by atoms with Crippen molar-refractivity contribution < 1.29 is 0 Å². The number of para-hydroxylation sites is 1. The Morgan fingerprint density at radius 1 is 0.725 bits per heavy atom. The van der Waals surface area contributed by atoms with Crippen LogP contribution in [0.4, 0.5) is 5.69 Å². The molecule has 0 bridgehead atoms. The number of nitrogens with one attached hydrogen (secondary N) is 1. The van der Waals surface area contributed by atoms with Crippen LogP contribution in [-0.2, 0) is 0 Å². The molecule has 1 aromatic carbocycles. The maximum atomic E-state index is 4.48. The molecule has 3 heteroatoms. The zero-order valence-electron chi connectivity index (χ0n) is 31.0. The Hall–Kier alpha value is -2.23. The second kappa shape index (κ2) is 14.5. The highest BCUT2D eigenvalue weighted by Crippen LogP contribution is 2.58. The van der Waals surface area contributed by atoms with E-state index in [1.807, 2.05) is 5.57 Å². The summed E-state index contributed by atoms with van der Waals surface area (Å²) in [6.07, 6.45) is 48.7. The van der Waals surface area contributed by atoms with Gasteiger partial charge in [0.15, 0.2) is 0 Å². The third-order valence-electron chi connectivity index (χ3n) is 15.5. The summed E-state index contributed by atoms with van der Waals surface area (Å²) in [7, 11) is 0. The van der Waals surface area contributed by atoms with Crippen LogP contribution in [0.5, 0.6) is 0 Å². The lowest BCUT2D eigenvalue weighted by Gasteiger charge is -2.47. The first-order valence-corrected chi connectivity index (χ1v) is 22.6. The molecule has 0 spiro atoms. The van der Waals surface area contributed by atoms with Gasteiger partial charge in [0, 0.05) is 46.3 Å². The molecule has 270 valence electrons. The van der Waals surface area contributed by atoms with Crippen LogP contribution in [0.1, 0.15) is 121 Å². The minimum absolute atomic E-state index is 0.460. The van der Waals surface area contributed by atoms with Crippen LogP contribution in [0.15, 0.2) is 96.2 Å². The number of rotatable bonds is 6. The maximum Gasteiger partial charge on any atom is 0.0410 e. The van der Waals surface area contributed by atoms with Gasteiger partial charge < -0.3 is 10.2 Å². The number of nitrogens with zero attached hydrogens (tertiary/aromatic N) is 1. The normalized spacial score (nSPS) is 41.8. The van der Waals surface area contributed by atoms with Gasteiger partial charge in [0.1, 0.15) is 0 Å². The Morgan fingerprint density at radius 2 is 1.61 bits per heavy atom. The van der Waals surface area contributed by atoms with Gasteiger partial charge in [-0.25, -0.2) is 0 Å². The summed E-state index contributed by atoms with van der Waals surface area (Å²) in [5.74, 6) is 5.10. The van der Waals surface area contributed by atoms with Gasteiger partial charge in [-0.2, -0.15) is 0 Å². The second-order valence-corrected chi connectivity index (χ2v) is 19.4. The van der Waals surface area contributed by atoms with E-state index >= 15 is 0 Å². The molecule has 7 aliphatic carbocycles. The number of allylic oxidation sites excluding steroid dienone is 8. The molecule has 51 heavy (non-hydrogen) atoms. The average molecular weight is 699 g/mol. The molecular formula is C48H62N2S. The van der Waals surface area contributed by atoms with Crippen LogP contribution in [0, 0.1) is 35.5 Å². The molecule has 0 radical (unpaired) electrons. The second-order valence-electron chi connectivity index (χ2n) is 18.0. The highest BCUT2D eigenvalue weighted by Gasteiger charge is 2.53. The fraction of sp³-hybridized carbons (Fsp3) is 0.625. The van der Waals surface area contributed by atoms with Crippen molar-refractivity contribution in [1.82, 2.24) is 5.32 Å². The minimum atomic E-state index is 0.460. The average Bonchev–Trinajstić information content (AvgIpc) is 3.75. The van der Waals surface area contributed by atoms with Gasteiger partial charge in [0.25, 0.3) is 0 Å². The molecule has 12 atom stereocenters. The fourth-order valence-corrected chi connectivity index (χ4v) is 15.4. The van der Waals surface area contributed by atoms with Crippen molar-refractivity contribution in [3.05, 3.63) is 102 Å². The van der Waals surface area contributed by atoms with Crippen LogP contribution < -0.4 is 10.2 Å². The summed E-state index contributed by atoms with van der Waals surface area (Å²) in [4.78, 5) is 2.94. The van der Waals surface area contributed by atoms with Gasteiger partial charge in [-0.1, -0.05) is 117 Å². The molecule has 3 saturated carbocycles. The number of fused-ring (bicyclic) bond motifs is 6. The molecule has 0 amide bonds. The molecule has 2 heterocycles. The summed E-state index contributed by atoms with van der Waals surface area (Å²) in [6, 6.07) is 12.1. The first kappa shape index (κ1) is 33.3.